The Hall–Kier alpha value is -1.95. The summed E-state index contributed by atoms with van der Waals surface area (Å²) in [5, 5.41) is 8.55. The largest absolute Gasteiger partial charge is 0.492 e. The lowest BCUT2D eigenvalue weighted by Crippen LogP contribution is -2.00. The number of hydrogen-bond donors (Lipinski definition) is 0. The second kappa shape index (κ2) is 8.19. The summed E-state index contributed by atoms with van der Waals surface area (Å²) in [4.78, 5) is 0. The van der Waals surface area contributed by atoms with Crippen LogP contribution in [0.4, 0.5) is 0 Å². The monoisotopic (exact) mass is 245 g/mol. The van der Waals surface area contributed by atoms with Crippen molar-refractivity contribution < 1.29 is 9.47 Å². The molecular weight excluding hydrogens is 226 g/mol. The van der Waals surface area contributed by atoms with E-state index in [0.717, 1.165) is 24.2 Å². The molecule has 3 heteroatoms. The second-order valence-corrected chi connectivity index (χ2v) is 3.90. The van der Waals surface area contributed by atoms with Crippen LogP contribution in [0.5, 0.6) is 11.5 Å². The van der Waals surface area contributed by atoms with Crippen LogP contribution in [0, 0.1) is 11.3 Å². The predicted molar refractivity (Wildman–Crippen MR) is 72.7 cm³/mol. The van der Waals surface area contributed by atoms with Crippen LogP contribution in [0.15, 0.2) is 24.3 Å². The van der Waals surface area contributed by atoms with E-state index in [-0.39, 0.29) is 0 Å². The lowest BCUT2D eigenvalue weighted by atomic mass is 10.1. The molecule has 3 nitrogen and oxygen atoms in total. The molecule has 0 amide bonds. The van der Waals surface area contributed by atoms with E-state index < -0.39 is 0 Å². The third kappa shape index (κ3) is 4.14. The minimum Gasteiger partial charge on any atom is -0.492 e. The van der Waals surface area contributed by atoms with Crippen molar-refractivity contribution in [2.45, 2.75) is 26.2 Å². The molecule has 0 N–H and O–H groups in total. The lowest BCUT2D eigenvalue weighted by molar-refractivity contribution is 0.286. The highest BCUT2D eigenvalue weighted by Crippen LogP contribution is 2.32. The number of allylic oxidation sites excluding steroid dienone is 1. The zero-order valence-electron chi connectivity index (χ0n) is 11.0. The van der Waals surface area contributed by atoms with Gasteiger partial charge in [0.15, 0.2) is 11.5 Å². The second-order valence-electron chi connectivity index (χ2n) is 3.90. The van der Waals surface area contributed by atoms with Crippen molar-refractivity contribution in [2.75, 3.05) is 13.7 Å². The molecule has 0 unspecified atom stereocenters. The molecule has 96 valence electrons. The Morgan fingerprint density at radius 3 is 2.83 bits per heavy atom. The highest BCUT2D eigenvalue weighted by atomic mass is 16.5. The molecule has 1 rings (SSSR count). The molecule has 0 atom stereocenters. The number of benzene rings is 1. The molecule has 0 radical (unpaired) electrons. The van der Waals surface area contributed by atoms with Crippen LogP contribution in [0.3, 0.4) is 0 Å². The van der Waals surface area contributed by atoms with Crippen molar-refractivity contribution in [3.05, 3.63) is 29.8 Å². The van der Waals surface area contributed by atoms with Gasteiger partial charge in [0, 0.05) is 11.6 Å². The number of hydrogen-bond acceptors (Lipinski definition) is 3. The van der Waals surface area contributed by atoms with Gasteiger partial charge in [-0.1, -0.05) is 31.9 Å². The zero-order chi connectivity index (χ0) is 13.2. The van der Waals surface area contributed by atoms with E-state index in [1.165, 1.54) is 12.5 Å². The van der Waals surface area contributed by atoms with E-state index in [2.05, 4.69) is 6.92 Å². The van der Waals surface area contributed by atoms with E-state index >= 15 is 0 Å². The van der Waals surface area contributed by atoms with Crippen molar-refractivity contribution in [1.29, 1.82) is 5.26 Å². The molecule has 0 saturated heterocycles. The summed E-state index contributed by atoms with van der Waals surface area (Å²) < 4.78 is 11.1. The number of nitrogens with zero attached hydrogens (tertiary/aromatic N) is 1. The fourth-order valence-electron chi connectivity index (χ4n) is 1.66. The molecule has 1 aromatic carbocycles. The van der Waals surface area contributed by atoms with Crippen LogP contribution in [-0.4, -0.2) is 13.7 Å². The molecule has 0 aliphatic carbocycles. The molecule has 0 fully saturated rings. The Kier molecular flexibility index (Phi) is 6.42. The maximum absolute atomic E-state index is 8.55. The number of nitriles is 1. The first-order valence-electron chi connectivity index (χ1n) is 6.19. The first-order chi connectivity index (χ1) is 8.83. The number of methoxy groups -OCH3 is 1. The molecule has 0 saturated carbocycles. The van der Waals surface area contributed by atoms with Gasteiger partial charge in [-0.15, -0.1) is 0 Å². The summed E-state index contributed by atoms with van der Waals surface area (Å²) in [6.45, 7) is 2.85. The molecule has 0 aliphatic rings. The molecule has 0 aliphatic heterocycles. The normalized spacial score (nSPS) is 10.3. The van der Waals surface area contributed by atoms with Gasteiger partial charge in [0.1, 0.15) is 0 Å². The SMILES string of the molecule is CCCCCOc1cccc(/C=C/C#N)c1OC. The highest BCUT2D eigenvalue weighted by molar-refractivity contribution is 5.63. The van der Waals surface area contributed by atoms with E-state index in [1.807, 2.05) is 24.3 Å². The Labute approximate surface area is 109 Å². The first-order valence-corrected chi connectivity index (χ1v) is 6.19. The molecule has 0 heterocycles. The summed E-state index contributed by atoms with van der Waals surface area (Å²) >= 11 is 0. The average Bonchev–Trinajstić information content (AvgIpc) is 2.41. The van der Waals surface area contributed by atoms with E-state index in [1.54, 1.807) is 13.2 Å². The van der Waals surface area contributed by atoms with E-state index in [0.29, 0.717) is 12.4 Å². The van der Waals surface area contributed by atoms with Gasteiger partial charge in [-0.3, -0.25) is 0 Å². The van der Waals surface area contributed by atoms with E-state index in [4.69, 9.17) is 14.7 Å². The number of rotatable bonds is 7. The summed E-state index contributed by atoms with van der Waals surface area (Å²) in [6, 6.07) is 7.65. The summed E-state index contributed by atoms with van der Waals surface area (Å²) in [6.07, 6.45) is 6.52. The minimum absolute atomic E-state index is 0.681. The van der Waals surface area contributed by atoms with Crippen molar-refractivity contribution in [1.82, 2.24) is 0 Å². The molecule has 18 heavy (non-hydrogen) atoms. The first kappa shape index (κ1) is 14.1. The van der Waals surface area contributed by atoms with Crippen LogP contribution in [0.2, 0.25) is 0 Å². The molecule has 0 spiro atoms. The standard InChI is InChI=1S/C15H19NO2/c1-3-4-5-12-18-14-10-6-8-13(9-7-11-16)15(14)17-2/h6-10H,3-5,12H2,1-2H3/b9-7+. The van der Waals surface area contributed by atoms with Crippen LogP contribution in [0.25, 0.3) is 6.08 Å². The highest BCUT2D eigenvalue weighted by Gasteiger charge is 2.07. The zero-order valence-corrected chi connectivity index (χ0v) is 11.0. The maximum atomic E-state index is 8.55. The van der Waals surface area contributed by atoms with Gasteiger partial charge in [-0.2, -0.15) is 5.26 Å². The smallest absolute Gasteiger partial charge is 0.167 e. The van der Waals surface area contributed by atoms with Gasteiger partial charge in [-0.05, 0) is 18.6 Å². The average molecular weight is 245 g/mol. The minimum atomic E-state index is 0.681. The Bertz CT molecular complexity index is 433. The van der Waals surface area contributed by atoms with Gasteiger partial charge >= 0.3 is 0 Å². The van der Waals surface area contributed by atoms with Crippen LogP contribution < -0.4 is 9.47 Å². The molecule has 0 bridgehead atoms. The third-order valence-corrected chi connectivity index (χ3v) is 2.56. The van der Waals surface area contributed by atoms with Crippen molar-refractivity contribution >= 4 is 6.08 Å². The van der Waals surface area contributed by atoms with Gasteiger partial charge in [0.25, 0.3) is 0 Å². The van der Waals surface area contributed by atoms with Gasteiger partial charge in [0.05, 0.1) is 19.8 Å². The predicted octanol–water partition coefficient (Wildman–Crippen LogP) is 3.80. The van der Waals surface area contributed by atoms with Crippen LogP contribution in [-0.2, 0) is 0 Å². The summed E-state index contributed by atoms with van der Waals surface area (Å²) in [5.41, 5.74) is 0.854. The molecular formula is C15H19NO2. The fourth-order valence-corrected chi connectivity index (χ4v) is 1.66. The number of unbranched alkanes of at least 4 members (excludes halogenated alkanes) is 2. The van der Waals surface area contributed by atoms with Crippen molar-refractivity contribution in [3.8, 4) is 17.6 Å². The number of para-hydroxylation sites is 1. The third-order valence-electron chi connectivity index (χ3n) is 2.56. The summed E-state index contributed by atoms with van der Waals surface area (Å²) in [5.74, 6) is 1.41. The number of ether oxygens (including phenoxy) is 2. The lowest BCUT2D eigenvalue weighted by Gasteiger charge is -2.12. The quantitative estimate of drug-likeness (QED) is 0.542. The van der Waals surface area contributed by atoms with Gasteiger partial charge in [-0.25, -0.2) is 0 Å². The topological polar surface area (TPSA) is 42.2 Å². The van der Waals surface area contributed by atoms with Crippen LogP contribution in [0.1, 0.15) is 31.7 Å². The Morgan fingerprint density at radius 1 is 1.33 bits per heavy atom. The van der Waals surface area contributed by atoms with Gasteiger partial charge < -0.3 is 9.47 Å². The Morgan fingerprint density at radius 2 is 2.17 bits per heavy atom. The Balaban J connectivity index is 2.78. The summed E-state index contributed by atoms with van der Waals surface area (Å²) in [7, 11) is 1.61. The fraction of sp³-hybridized carbons (Fsp3) is 0.400. The van der Waals surface area contributed by atoms with Crippen LogP contribution >= 0.6 is 0 Å². The van der Waals surface area contributed by atoms with Crippen molar-refractivity contribution in [2.24, 2.45) is 0 Å². The molecule has 0 aromatic heterocycles. The molecule has 1 aromatic rings. The maximum Gasteiger partial charge on any atom is 0.167 e. The van der Waals surface area contributed by atoms with Crippen molar-refractivity contribution in [3.63, 3.8) is 0 Å². The van der Waals surface area contributed by atoms with E-state index in [9.17, 15) is 0 Å². The van der Waals surface area contributed by atoms with Gasteiger partial charge in [0.2, 0.25) is 0 Å².